The van der Waals surface area contributed by atoms with Gasteiger partial charge in [0.05, 0.1) is 9.95 Å². The van der Waals surface area contributed by atoms with Gasteiger partial charge >= 0.3 is 0 Å². The van der Waals surface area contributed by atoms with Gasteiger partial charge in [-0.1, -0.05) is 11.6 Å². The minimum atomic E-state index is -0.491. The van der Waals surface area contributed by atoms with Crippen LogP contribution in [0.2, 0.25) is 5.02 Å². The molecule has 1 aliphatic heterocycles. The van der Waals surface area contributed by atoms with Crippen molar-refractivity contribution in [1.82, 2.24) is 10.3 Å². The van der Waals surface area contributed by atoms with E-state index in [-0.39, 0.29) is 5.69 Å². The van der Waals surface area contributed by atoms with Gasteiger partial charge in [0.1, 0.15) is 12.0 Å². The molecule has 2 rings (SSSR count). The molecule has 0 atom stereocenters. The van der Waals surface area contributed by atoms with Crippen LogP contribution in [0.5, 0.6) is 0 Å². The van der Waals surface area contributed by atoms with Gasteiger partial charge in [0, 0.05) is 19.7 Å². The zero-order valence-electron chi connectivity index (χ0n) is 10.8. The molecule has 0 bridgehead atoms. The average molecular weight is 285 g/mol. The molecule has 0 amide bonds. The first-order valence-corrected chi connectivity index (χ1v) is 6.67. The van der Waals surface area contributed by atoms with Crippen LogP contribution in [0, 0.1) is 16.0 Å². The van der Waals surface area contributed by atoms with Gasteiger partial charge in [-0.3, -0.25) is 10.1 Å². The summed E-state index contributed by atoms with van der Waals surface area (Å²) in [5, 5.41) is 14.3. The highest BCUT2D eigenvalue weighted by Crippen LogP contribution is 2.27. The molecule has 7 heteroatoms. The summed E-state index contributed by atoms with van der Waals surface area (Å²) in [4.78, 5) is 16.2. The first kappa shape index (κ1) is 14.0. The van der Waals surface area contributed by atoms with E-state index in [1.807, 2.05) is 11.9 Å². The van der Waals surface area contributed by atoms with E-state index < -0.39 is 4.92 Å². The molecule has 104 valence electrons. The lowest BCUT2D eigenvalue weighted by atomic mass is 9.98. The maximum absolute atomic E-state index is 10.6. The summed E-state index contributed by atoms with van der Waals surface area (Å²) in [6, 6.07) is 1.35. The Morgan fingerprint density at radius 2 is 2.26 bits per heavy atom. The SMILES string of the molecule is CN(CC1CCNCC1)c1ncc([N+](=O)[O-])cc1Cl. The van der Waals surface area contributed by atoms with E-state index in [1.165, 1.54) is 12.3 Å². The van der Waals surface area contributed by atoms with Crippen molar-refractivity contribution in [3.05, 3.63) is 27.4 Å². The maximum Gasteiger partial charge on any atom is 0.289 e. The van der Waals surface area contributed by atoms with Crippen LogP contribution in [0.4, 0.5) is 11.5 Å². The second-order valence-corrected chi connectivity index (χ2v) is 5.24. The second kappa shape index (κ2) is 6.16. The molecule has 0 radical (unpaired) electrons. The van der Waals surface area contributed by atoms with Crippen LogP contribution < -0.4 is 10.2 Å². The summed E-state index contributed by atoms with van der Waals surface area (Å²) in [5.41, 5.74) is -0.0796. The summed E-state index contributed by atoms with van der Waals surface area (Å²) in [5.74, 6) is 1.21. The van der Waals surface area contributed by atoms with Crippen LogP contribution in [0.15, 0.2) is 12.3 Å². The number of piperidine rings is 1. The molecule has 1 saturated heterocycles. The molecule has 0 unspecified atom stereocenters. The van der Waals surface area contributed by atoms with Gasteiger partial charge in [0.2, 0.25) is 0 Å². The summed E-state index contributed by atoms with van der Waals surface area (Å²) < 4.78 is 0. The zero-order valence-corrected chi connectivity index (χ0v) is 11.6. The predicted octanol–water partition coefficient (Wildman–Crippen LogP) is 2.08. The van der Waals surface area contributed by atoms with Crippen LogP contribution in [0.1, 0.15) is 12.8 Å². The monoisotopic (exact) mass is 284 g/mol. The van der Waals surface area contributed by atoms with E-state index >= 15 is 0 Å². The van der Waals surface area contributed by atoms with Crippen LogP contribution in [0.25, 0.3) is 0 Å². The fraction of sp³-hybridized carbons (Fsp3) is 0.583. The molecule has 1 aliphatic rings. The Balaban J connectivity index is 2.05. The largest absolute Gasteiger partial charge is 0.358 e. The normalized spacial score (nSPS) is 16.3. The number of nitro groups is 1. The topological polar surface area (TPSA) is 71.3 Å². The fourth-order valence-electron chi connectivity index (χ4n) is 2.34. The summed E-state index contributed by atoms with van der Waals surface area (Å²) in [6.45, 7) is 2.95. The molecule has 1 aromatic rings. The van der Waals surface area contributed by atoms with E-state index in [4.69, 9.17) is 11.6 Å². The Hall–Kier alpha value is -1.40. The number of halogens is 1. The summed E-state index contributed by atoms with van der Waals surface area (Å²) in [7, 11) is 1.92. The summed E-state index contributed by atoms with van der Waals surface area (Å²) in [6.07, 6.45) is 3.52. The van der Waals surface area contributed by atoms with Gasteiger partial charge in [0.25, 0.3) is 5.69 Å². The number of anilines is 1. The quantitative estimate of drug-likeness (QED) is 0.677. The Morgan fingerprint density at radius 1 is 1.58 bits per heavy atom. The highest BCUT2D eigenvalue weighted by molar-refractivity contribution is 6.33. The van der Waals surface area contributed by atoms with E-state index in [0.717, 1.165) is 32.5 Å². The number of hydrogen-bond donors (Lipinski definition) is 1. The van der Waals surface area contributed by atoms with E-state index in [9.17, 15) is 10.1 Å². The maximum atomic E-state index is 10.6. The van der Waals surface area contributed by atoms with Crippen molar-refractivity contribution in [3.8, 4) is 0 Å². The third-order valence-electron chi connectivity index (χ3n) is 3.37. The number of aromatic nitrogens is 1. The molecule has 0 aromatic carbocycles. The lowest BCUT2D eigenvalue weighted by molar-refractivity contribution is -0.385. The molecule has 19 heavy (non-hydrogen) atoms. The molecule has 0 spiro atoms. The molecule has 6 nitrogen and oxygen atoms in total. The average Bonchev–Trinajstić information content (AvgIpc) is 2.39. The molecule has 2 heterocycles. The van der Waals surface area contributed by atoms with E-state index in [0.29, 0.717) is 16.8 Å². The smallest absolute Gasteiger partial charge is 0.289 e. The van der Waals surface area contributed by atoms with Gasteiger partial charge in [0.15, 0.2) is 0 Å². The highest BCUT2D eigenvalue weighted by atomic mass is 35.5. The van der Waals surface area contributed by atoms with Crippen molar-refractivity contribution in [1.29, 1.82) is 0 Å². The highest BCUT2D eigenvalue weighted by Gasteiger charge is 2.18. The third-order valence-corrected chi connectivity index (χ3v) is 3.65. The Labute approximate surface area is 116 Å². The van der Waals surface area contributed by atoms with Gasteiger partial charge in [-0.05, 0) is 31.8 Å². The standard InChI is InChI=1S/C12H17ClN4O2/c1-16(8-9-2-4-14-5-3-9)12-11(13)6-10(7-15-12)17(18)19/h6-7,9,14H,2-5,8H2,1H3. The molecule has 1 fully saturated rings. The molecular formula is C12H17ClN4O2. The van der Waals surface area contributed by atoms with Crippen molar-refractivity contribution in [2.75, 3.05) is 31.6 Å². The van der Waals surface area contributed by atoms with E-state index in [2.05, 4.69) is 10.3 Å². The molecule has 1 aromatic heterocycles. The molecule has 0 aliphatic carbocycles. The van der Waals surface area contributed by atoms with Crippen LogP contribution in [-0.4, -0.2) is 36.6 Å². The van der Waals surface area contributed by atoms with E-state index in [1.54, 1.807) is 0 Å². The number of pyridine rings is 1. The van der Waals surface area contributed by atoms with Crippen molar-refractivity contribution in [2.24, 2.45) is 5.92 Å². The minimum Gasteiger partial charge on any atom is -0.358 e. The second-order valence-electron chi connectivity index (χ2n) is 4.83. The number of rotatable bonds is 4. The van der Waals surface area contributed by atoms with Gasteiger partial charge in [-0.15, -0.1) is 0 Å². The van der Waals surface area contributed by atoms with Crippen LogP contribution in [0.3, 0.4) is 0 Å². The lowest BCUT2D eigenvalue weighted by Gasteiger charge is -2.28. The minimum absolute atomic E-state index is 0.0796. The summed E-state index contributed by atoms with van der Waals surface area (Å²) >= 11 is 6.07. The van der Waals surface area contributed by atoms with Crippen molar-refractivity contribution < 1.29 is 4.92 Å². The van der Waals surface area contributed by atoms with Gasteiger partial charge in [-0.2, -0.15) is 0 Å². The fourth-order valence-corrected chi connectivity index (χ4v) is 2.64. The van der Waals surface area contributed by atoms with Gasteiger partial charge < -0.3 is 10.2 Å². The van der Waals surface area contributed by atoms with Crippen molar-refractivity contribution in [3.63, 3.8) is 0 Å². The zero-order chi connectivity index (χ0) is 13.8. The number of hydrogen-bond acceptors (Lipinski definition) is 5. The van der Waals surface area contributed by atoms with Gasteiger partial charge in [-0.25, -0.2) is 4.98 Å². The Bertz CT molecular complexity index is 463. The first-order chi connectivity index (χ1) is 9.08. The lowest BCUT2D eigenvalue weighted by Crippen LogP contribution is -2.34. The van der Waals surface area contributed by atoms with Crippen molar-refractivity contribution in [2.45, 2.75) is 12.8 Å². The first-order valence-electron chi connectivity index (χ1n) is 6.29. The molecular weight excluding hydrogens is 268 g/mol. The van der Waals surface area contributed by atoms with Crippen LogP contribution >= 0.6 is 11.6 Å². The van der Waals surface area contributed by atoms with Crippen LogP contribution in [-0.2, 0) is 0 Å². The molecule has 1 N–H and O–H groups in total. The predicted molar refractivity (Wildman–Crippen MR) is 74.8 cm³/mol. The Morgan fingerprint density at radius 3 is 2.84 bits per heavy atom. The molecule has 0 saturated carbocycles. The number of nitrogens with one attached hydrogen (secondary N) is 1. The Kier molecular flexibility index (Phi) is 4.55. The number of nitrogens with zero attached hydrogens (tertiary/aromatic N) is 3. The third kappa shape index (κ3) is 3.54. The van der Waals surface area contributed by atoms with Crippen molar-refractivity contribution >= 4 is 23.1 Å².